The number of hydrogen-bond donors (Lipinski definition) is 1. The molecule has 24 heavy (non-hydrogen) atoms. The number of piperazine rings is 1. The number of fused-ring (bicyclic) bond motifs is 1. The molecule has 1 saturated heterocycles. The van der Waals surface area contributed by atoms with E-state index in [1.54, 1.807) is 6.92 Å². The molecule has 0 spiro atoms. The van der Waals surface area contributed by atoms with Gasteiger partial charge >= 0.3 is 0 Å². The molecule has 5 atom stereocenters. The molecule has 3 fully saturated rings. The minimum Gasteiger partial charge on any atom is -0.355 e. The molecule has 0 aromatic rings. The van der Waals surface area contributed by atoms with Gasteiger partial charge in [0.05, 0.1) is 18.4 Å². The molecule has 0 aromatic heterocycles. The third-order valence-corrected chi connectivity index (χ3v) is 6.84. The molecule has 5 unspecified atom stereocenters. The fourth-order valence-electron chi connectivity index (χ4n) is 5.41. The van der Waals surface area contributed by atoms with E-state index in [-0.39, 0.29) is 5.92 Å². The van der Waals surface area contributed by atoms with Crippen LogP contribution in [0.3, 0.4) is 0 Å². The summed E-state index contributed by atoms with van der Waals surface area (Å²) in [5, 5.41) is 3.47. The fraction of sp³-hybridized carbons (Fsp3) is 0.895. The number of Topliss-reactive ketones (excluding diaryl/α,β-unsaturated/α-hetero) is 1. The van der Waals surface area contributed by atoms with Gasteiger partial charge in [-0.25, -0.2) is 0 Å². The second-order valence-electron chi connectivity index (χ2n) is 8.23. The van der Waals surface area contributed by atoms with Gasteiger partial charge in [-0.05, 0) is 51.9 Å². The smallest absolute Gasteiger partial charge is 0.132 e. The summed E-state index contributed by atoms with van der Waals surface area (Å²) >= 11 is 0. The van der Waals surface area contributed by atoms with Crippen molar-refractivity contribution in [3.8, 4) is 0 Å². The zero-order valence-electron chi connectivity index (χ0n) is 15.0. The van der Waals surface area contributed by atoms with Crippen molar-refractivity contribution in [1.29, 1.82) is 0 Å². The van der Waals surface area contributed by atoms with Crippen LogP contribution in [0.5, 0.6) is 0 Å². The van der Waals surface area contributed by atoms with Crippen molar-refractivity contribution in [3.05, 3.63) is 0 Å². The Morgan fingerprint density at radius 2 is 1.88 bits per heavy atom. The van der Waals surface area contributed by atoms with Crippen LogP contribution in [0.1, 0.15) is 51.9 Å². The predicted molar refractivity (Wildman–Crippen MR) is 96.4 cm³/mol. The molecule has 0 bridgehead atoms. The Hall–Kier alpha value is -0.940. The summed E-state index contributed by atoms with van der Waals surface area (Å²) in [6.45, 7) is 6.45. The van der Waals surface area contributed by atoms with E-state index in [0.717, 1.165) is 38.4 Å². The molecule has 2 aliphatic carbocycles. The van der Waals surface area contributed by atoms with Crippen LogP contribution in [0, 0.1) is 5.92 Å². The van der Waals surface area contributed by atoms with Gasteiger partial charge in [0.25, 0.3) is 0 Å². The van der Waals surface area contributed by atoms with E-state index in [4.69, 9.17) is 4.99 Å². The number of nitrogens with one attached hydrogen (secondary N) is 1. The van der Waals surface area contributed by atoms with Crippen LogP contribution in [0.25, 0.3) is 0 Å². The quantitative estimate of drug-likeness (QED) is 0.854. The summed E-state index contributed by atoms with van der Waals surface area (Å²) in [6, 6.07) is 2.35. The molecule has 0 radical (unpaired) electrons. The molecule has 2 aliphatic heterocycles. The lowest BCUT2D eigenvalue weighted by atomic mass is 9.79. The van der Waals surface area contributed by atoms with E-state index < -0.39 is 0 Å². The van der Waals surface area contributed by atoms with Crippen molar-refractivity contribution in [1.82, 2.24) is 15.1 Å². The summed E-state index contributed by atoms with van der Waals surface area (Å²) in [6.07, 6.45) is 10.6. The first-order chi connectivity index (χ1) is 11.7. The van der Waals surface area contributed by atoms with E-state index in [2.05, 4.69) is 21.5 Å². The lowest BCUT2D eigenvalue weighted by molar-refractivity contribution is -0.122. The molecule has 5 heteroatoms. The second kappa shape index (κ2) is 7.12. The van der Waals surface area contributed by atoms with Crippen LogP contribution in [0.2, 0.25) is 0 Å². The van der Waals surface area contributed by atoms with Gasteiger partial charge in [0.1, 0.15) is 5.78 Å². The summed E-state index contributed by atoms with van der Waals surface area (Å²) in [7, 11) is 0. The van der Waals surface area contributed by atoms with E-state index in [0.29, 0.717) is 23.9 Å². The molecule has 2 saturated carbocycles. The zero-order chi connectivity index (χ0) is 16.5. The van der Waals surface area contributed by atoms with Crippen LogP contribution in [-0.4, -0.2) is 72.3 Å². The molecule has 4 aliphatic rings. The minimum absolute atomic E-state index is 0.253. The summed E-state index contributed by atoms with van der Waals surface area (Å²) < 4.78 is 0. The minimum atomic E-state index is 0.253. The lowest BCUT2D eigenvalue weighted by Gasteiger charge is -2.45. The molecule has 4 rings (SSSR count). The molecule has 5 nitrogen and oxygen atoms in total. The van der Waals surface area contributed by atoms with Gasteiger partial charge in [0, 0.05) is 44.2 Å². The Morgan fingerprint density at radius 1 is 1.08 bits per heavy atom. The van der Waals surface area contributed by atoms with Crippen LogP contribution < -0.4 is 5.32 Å². The van der Waals surface area contributed by atoms with Crippen molar-refractivity contribution in [3.63, 3.8) is 0 Å². The van der Waals surface area contributed by atoms with E-state index >= 15 is 0 Å². The highest BCUT2D eigenvalue weighted by atomic mass is 16.1. The topological polar surface area (TPSA) is 47.9 Å². The SMILES string of the molecule is CC(=O)C1CCC2C(C1)N=CN2C1CCCC(N2CCNCC2)C1. The first kappa shape index (κ1) is 16.5. The number of rotatable bonds is 3. The monoisotopic (exact) mass is 332 g/mol. The van der Waals surface area contributed by atoms with E-state index in [1.807, 2.05) is 0 Å². The van der Waals surface area contributed by atoms with E-state index in [9.17, 15) is 4.79 Å². The summed E-state index contributed by atoms with van der Waals surface area (Å²) in [4.78, 5) is 21.8. The predicted octanol–water partition coefficient (Wildman–Crippen LogP) is 1.67. The summed E-state index contributed by atoms with van der Waals surface area (Å²) in [5.41, 5.74) is 0. The largest absolute Gasteiger partial charge is 0.355 e. The second-order valence-corrected chi connectivity index (χ2v) is 8.23. The average Bonchev–Trinajstić information content (AvgIpc) is 3.06. The third kappa shape index (κ3) is 3.25. The van der Waals surface area contributed by atoms with Gasteiger partial charge < -0.3 is 10.2 Å². The van der Waals surface area contributed by atoms with Crippen LogP contribution in [0.4, 0.5) is 0 Å². The first-order valence-electron chi connectivity index (χ1n) is 9.98. The van der Waals surface area contributed by atoms with Gasteiger partial charge in [-0.3, -0.25) is 14.7 Å². The standard InChI is InChI=1S/C19H32N4O/c1-14(24)15-5-6-19-18(11-15)21-13-23(19)17-4-2-3-16(12-17)22-9-7-20-8-10-22/h13,15-20H,2-12H2,1H3. The van der Waals surface area contributed by atoms with Crippen molar-refractivity contribution >= 4 is 12.1 Å². The molecule has 0 amide bonds. The zero-order valence-corrected chi connectivity index (χ0v) is 15.0. The van der Waals surface area contributed by atoms with Gasteiger partial charge in [-0.1, -0.05) is 0 Å². The van der Waals surface area contributed by atoms with Gasteiger partial charge in [0.15, 0.2) is 0 Å². The van der Waals surface area contributed by atoms with Gasteiger partial charge in [-0.15, -0.1) is 0 Å². The Bertz CT molecular complexity index is 488. The van der Waals surface area contributed by atoms with E-state index in [1.165, 1.54) is 38.8 Å². The Balaban J connectivity index is 1.37. The van der Waals surface area contributed by atoms with Crippen molar-refractivity contribution in [2.45, 2.75) is 76.0 Å². The fourth-order valence-corrected chi connectivity index (χ4v) is 5.41. The Labute approximate surface area is 145 Å². The number of carbonyl (C=O) groups excluding carboxylic acids is 1. The van der Waals surface area contributed by atoms with Crippen LogP contribution in [-0.2, 0) is 4.79 Å². The van der Waals surface area contributed by atoms with Crippen molar-refractivity contribution in [2.75, 3.05) is 26.2 Å². The number of nitrogens with zero attached hydrogens (tertiary/aromatic N) is 3. The molecule has 0 aromatic carbocycles. The molecular weight excluding hydrogens is 300 g/mol. The number of ketones is 1. The Kier molecular flexibility index (Phi) is 4.90. The van der Waals surface area contributed by atoms with Crippen molar-refractivity contribution in [2.24, 2.45) is 10.9 Å². The normalized spacial score (nSPS) is 40.5. The number of aliphatic imine (C=N–C) groups is 1. The molecule has 134 valence electrons. The molecular formula is C19H32N4O. The van der Waals surface area contributed by atoms with Gasteiger partial charge in [-0.2, -0.15) is 0 Å². The average molecular weight is 332 g/mol. The Morgan fingerprint density at radius 3 is 2.67 bits per heavy atom. The highest BCUT2D eigenvalue weighted by molar-refractivity contribution is 5.78. The molecule has 2 heterocycles. The maximum absolute atomic E-state index is 11.7. The highest BCUT2D eigenvalue weighted by Gasteiger charge is 2.41. The first-order valence-corrected chi connectivity index (χ1v) is 9.98. The molecule has 1 N–H and O–H groups in total. The van der Waals surface area contributed by atoms with Gasteiger partial charge in [0.2, 0.25) is 0 Å². The lowest BCUT2D eigenvalue weighted by Crippen LogP contribution is -2.53. The highest BCUT2D eigenvalue weighted by Crippen LogP contribution is 2.37. The van der Waals surface area contributed by atoms with Crippen molar-refractivity contribution < 1.29 is 4.79 Å². The van der Waals surface area contributed by atoms with Crippen LogP contribution in [0.15, 0.2) is 4.99 Å². The maximum atomic E-state index is 11.7. The number of hydrogen-bond acceptors (Lipinski definition) is 5. The third-order valence-electron chi connectivity index (χ3n) is 6.84. The van der Waals surface area contributed by atoms with Crippen LogP contribution >= 0.6 is 0 Å². The summed E-state index contributed by atoms with van der Waals surface area (Å²) in [5.74, 6) is 0.613. The maximum Gasteiger partial charge on any atom is 0.132 e. The number of carbonyl (C=O) groups is 1.